The lowest BCUT2D eigenvalue weighted by atomic mass is 10.1. The van der Waals surface area contributed by atoms with Gasteiger partial charge in [0, 0.05) is 19.8 Å². The van der Waals surface area contributed by atoms with Gasteiger partial charge in [-0.2, -0.15) is 5.26 Å². The molecule has 0 spiro atoms. The van der Waals surface area contributed by atoms with E-state index in [0.717, 1.165) is 23.8 Å². The molecule has 6 heteroatoms. The summed E-state index contributed by atoms with van der Waals surface area (Å²) in [7, 11) is 1.94. The monoisotopic (exact) mass is 302 g/mol. The van der Waals surface area contributed by atoms with Crippen LogP contribution in [0, 0.1) is 18.3 Å². The van der Waals surface area contributed by atoms with Crippen molar-refractivity contribution in [1.29, 1.82) is 5.26 Å². The molecule has 1 aromatic rings. The van der Waals surface area contributed by atoms with Crippen molar-refractivity contribution in [3.05, 3.63) is 40.6 Å². The van der Waals surface area contributed by atoms with Crippen LogP contribution in [0.3, 0.4) is 0 Å². The smallest absolute Gasteiger partial charge is 0.206 e. The highest BCUT2D eigenvalue weighted by atomic mass is 35.5. The minimum Gasteiger partial charge on any atom is -0.387 e. The second-order valence-electron chi connectivity index (χ2n) is 5.28. The highest BCUT2D eigenvalue weighted by Gasteiger charge is 2.39. The van der Waals surface area contributed by atoms with Gasteiger partial charge in [-0.15, -0.1) is 0 Å². The molecule has 2 aliphatic rings. The number of hydrogen-bond donors (Lipinski definition) is 1. The van der Waals surface area contributed by atoms with Crippen LogP contribution in [0.25, 0.3) is 0 Å². The van der Waals surface area contributed by atoms with Crippen LogP contribution < -0.4 is 0 Å². The van der Waals surface area contributed by atoms with E-state index in [4.69, 9.17) is 16.9 Å². The number of rotatable bonds is 1. The van der Waals surface area contributed by atoms with Crippen LogP contribution in [0.1, 0.15) is 11.1 Å². The van der Waals surface area contributed by atoms with Gasteiger partial charge in [0.2, 0.25) is 5.96 Å². The first-order valence-corrected chi connectivity index (χ1v) is 7.04. The molecule has 1 N–H and O–H groups in total. The van der Waals surface area contributed by atoms with E-state index in [2.05, 4.69) is 11.1 Å². The third kappa shape index (κ3) is 2.17. The van der Waals surface area contributed by atoms with Crippen LogP contribution in [-0.2, 0) is 0 Å². The zero-order chi connectivity index (χ0) is 15.1. The molecule has 21 heavy (non-hydrogen) atoms. The third-order valence-electron chi connectivity index (χ3n) is 3.93. The Bertz CT molecular complexity index is 692. The molecule has 0 radical (unpaired) electrons. The summed E-state index contributed by atoms with van der Waals surface area (Å²) >= 11 is 6.18. The highest BCUT2D eigenvalue weighted by molar-refractivity contribution is 6.32. The third-order valence-corrected chi connectivity index (χ3v) is 4.41. The summed E-state index contributed by atoms with van der Waals surface area (Å²) in [6.07, 6.45) is 3.16. The van der Waals surface area contributed by atoms with Crippen LogP contribution in [0.4, 0.5) is 5.69 Å². The fraction of sp³-hybridized carbons (Fsp3) is 0.333. The molecule has 108 valence electrons. The number of benzene rings is 1. The lowest BCUT2D eigenvalue weighted by Gasteiger charge is -2.18. The first kappa shape index (κ1) is 13.9. The summed E-state index contributed by atoms with van der Waals surface area (Å²) in [6.45, 7) is 2.57. The molecular weight excluding hydrogens is 288 g/mol. The quantitative estimate of drug-likeness (QED) is 0.862. The predicted octanol–water partition coefficient (Wildman–Crippen LogP) is 2.01. The Hall–Kier alpha value is -2.03. The molecule has 5 nitrogen and oxygen atoms in total. The summed E-state index contributed by atoms with van der Waals surface area (Å²) in [4.78, 5) is 8.64. The normalized spacial score (nSPS) is 25.6. The Morgan fingerprint density at radius 2 is 2.24 bits per heavy atom. The highest BCUT2D eigenvalue weighted by Crippen LogP contribution is 2.31. The molecule has 0 saturated carbocycles. The van der Waals surface area contributed by atoms with Gasteiger partial charge in [-0.1, -0.05) is 11.6 Å². The average Bonchev–Trinajstić information content (AvgIpc) is 2.96. The molecule has 3 rings (SSSR count). The van der Waals surface area contributed by atoms with Crippen molar-refractivity contribution in [2.75, 3.05) is 13.6 Å². The Balaban J connectivity index is 2.01. The molecule has 1 saturated heterocycles. The number of likely N-dealkylation sites (N-methyl/N-ethyl adjacent to an activating group) is 1. The number of hydrogen-bond acceptors (Lipinski definition) is 3. The molecule has 0 aliphatic carbocycles. The number of halogens is 1. The van der Waals surface area contributed by atoms with Crippen molar-refractivity contribution in [2.45, 2.75) is 19.1 Å². The van der Waals surface area contributed by atoms with Crippen molar-refractivity contribution >= 4 is 23.2 Å². The molecular formula is C15H15ClN4O. The van der Waals surface area contributed by atoms with Gasteiger partial charge >= 0.3 is 0 Å². The Morgan fingerprint density at radius 1 is 1.48 bits per heavy atom. The van der Waals surface area contributed by atoms with Crippen LogP contribution in [0.15, 0.2) is 29.4 Å². The van der Waals surface area contributed by atoms with Crippen molar-refractivity contribution in [3.63, 3.8) is 0 Å². The van der Waals surface area contributed by atoms with Gasteiger partial charge in [0.05, 0.1) is 28.4 Å². The van der Waals surface area contributed by atoms with Gasteiger partial charge in [0.15, 0.2) is 0 Å². The molecule has 1 aromatic carbocycles. The van der Waals surface area contributed by atoms with Crippen LogP contribution >= 0.6 is 11.6 Å². The lowest BCUT2D eigenvalue weighted by molar-refractivity contribution is 0.168. The molecule has 2 heterocycles. The largest absolute Gasteiger partial charge is 0.387 e. The molecule has 0 amide bonds. The standard InChI is InChI=1S/C15H15ClN4O/c1-9-11(4-3-10(7-17)14(9)16)18-15-19(2)8-12-13(21)5-6-20(12)15/h3-6,12-13,21H,8H2,1-2H3/t12-,13-/m1/s1. The maximum atomic E-state index is 9.90. The van der Waals surface area contributed by atoms with E-state index in [0.29, 0.717) is 10.6 Å². The van der Waals surface area contributed by atoms with E-state index >= 15 is 0 Å². The van der Waals surface area contributed by atoms with Crippen LogP contribution in [0.2, 0.25) is 5.02 Å². The van der Waals surface area contributed by atoms with Crippen molar-refractivity contribution in [3.8, 4) is 6.07 Å². The SMILES string of the molecule is Cc1c(N=C2N(C)C[C@@H]3[C@H](O)C=CN23)ccc(C#N)c1Cl. The second kappa shape index (κ2) is 5.06. The number of fused-ring (bicyclic) bond motifs is 1. The van der Waals surface area contributed by atoms with Gasteiger partial charge in [-0.25, -0.2) is 4.99 Å². The van der Waals surface area contributed by atoms with Crippen molar-refractivity contribution < 1.29 is 5.11 Å². The fourth-order valence-electron chi connectivity index (χ4n) is 2.69. The minimum absolute atomic E-state index is 0.0166. The number of nitriles is 1. The number of aliphatic hydroxyl groups is 1. The zero-order valence-electron chi connectivity index (χ0n) is 11.8. The van der Waals surface area contributed by atoms with Gasteiger partial charge in [-0.3, -0.25) is 0 Å². The van der Waals surface area contributed by atoms with Gasteiger partial charge in [-0.05, 0) is 30.7 Å². The molecule has 2 atom stereocenters. The van der Waals surface area contributed by atoms with Crippen molar-refractivity contribution in [1.82, 2.24) is 9.80 Å². The molecule has 0 aromatic heterocycles. The van der Waals surface area contributed by atoms with Gasteiger partial charge < -0.3 is 14.9 Å². The van der Waals surface area contributed by atoms with E-state index in [1.807, 2.05) is 30.0 Å². The fourth-order valence-corrected chi connectivity index (χ4v) is 2.89. The number of aliphatic imine (C=N–C) groups is 1. The summed E-state index contributed by atoms with van der Waals surface area (Å²) < 4.78 is 0. The molecule has 0 unspecified atom stereocenters. The Labute approximate surface area is 128 Å². The summed E-state index contributed by atoms with van der Waals surface area (Å²) in [6, 6.07) is 5.55. The Kier molecular flexibility index (Phi) is 3.36. The second-order valence-corrected chi connectivity index (χ2v) is 5.66. The zero-order valence-corrected chi connectivity index (χ0v) is 12.5. The predicted molar refractivity (Wildman–Crippen MR) is 81.4 cm³/mol. The van der Waals surface area contributed by atoms with E-state index in [9.17, 15) is 5.11 Å². The number of guanidine groups is 1. The maximum Gasteiger partial charge on any atom is 0.206 e. The summed E-state index contributed by atoms with van der Waals surface area (Å²) in [5, 5.41) is 19.3. The van der Waals surface area contributed by atoms with Crippen molar-refractivity contribution in [2.24, 2.45) is 4.99 Å². The first-order valence-electron chi connectivity index (χ1n) is 6.66. The molecule has 1 fully saturated rings. The van der Waals surface area contributed by atoms with Crippen LogP contribution in [-0.4, -0.2) is 46.6 Å². The molecule has 2 aliphatic heterocycles. The number of nitrogens with zero attached hydrogens (tertiary/aromatic N) is 4. The van der Waals surface area contributed by atoms with Crippen LogP contribution in [0.5, 0.6) is 0 Å². The van der Waals surface area contributed by atoms with E-state index in [1.54, 1.807) is 18.2 Å². The van der Waals surface area contributed by atoms with E-state index in [-0.39, 0.29) is 6.04 Å². The van der Waals surface area contributed by atoms with Gasteiger partial charge in [0.25, 0.3) is 0 Å². The molecule has 0 bridgehead atoms. The van der Waals surface area contributed by atoms with E-state index in [1.165, 1.54) is 0 Å². The lowest BCUT2D eigenvalue weighted by Crippen LogP contribution is -2.32. The topological polar surface area (TPSA) is 62.9 Å². The number of aliphatic hydroxyl groups excluding tert-OH is 1. The average molecular weight is 303 g/mol. The minimum atomic E-state index is -0.467. The van der Waals surface area contributed by atoms with Gasteiger partial charge in [0.1, 0.15) is 6.07 Å². The maximum absolute atomic E-state index is 9.90. The van der Waals surface area contributed by atoms with E-state index < -0.39 is 6.10 Å². The first-order chi connectivity index (χ1) is 10.0. The summed E-state index contributed by atoms with van der Waals surface area (Å²) in [5.41, 5.74) is 1.97. The Morgan fingerprint density at radius 3 is 2.95 bits per heavy atom. The summed E-state index contributed by atoms with van der Waals surface area (Å²) in [5.74, 6) is 0.775.